The molecule has 6 heteroatoms. The topological polar surface area (TPSA) is 92.9 Å². The Morgan fingerprint density at radius 2 is 1.90 bits per heavy atom. The molecule has 0 aromatic rings. The average molecular weight is 300 g/mol. The van der Waals surface area contributed by atoms with Crippen molar-refractivity contribution in [2.75, 3.05) is 0 Å². The van der Waals surface area contributed by atoms with Crippen molar-refractivity contribution in [1.29, 1.82) is 0 Å². The van der Waals surface area contributed by atoms with Crippen LogP contribution in [0.15, 0.2) is 0 Å². The second-order valence-corrected chi connectivity index (χ2v) is 7.23. The third kappa shape index (κ3) is 4.68. The summed E-state index contributed by atoms with van der Waals surface area (Å²) in [4.78, 5) is 25.4. The normalized spacial score (nSPS) is 21.7. The van der Waals surface area contributed by atoms with Gasteiger partial charge in [-0.25, -0.2) is 4.79 Å². The molecule has 1 saturated carbocycles. The number of nitrogens with two attached hydrogens (primary N) is 1. The Labute approximate surface area is 126 Å². The Morgan fingerprint density at radius 3 is 2.19 bits per heavy atom. The lowest BCUT2D eigenvalue weighted by atomic mass is 9.90. The summed E-state index contributed by atoms with van der Waals surface area (Å²) in [5, 5.41) is 10.1. The minimum absolute atomic E-state index is 0.00209. The zero-order valence-corrected chi connectivity index (χ0v) is 13.8. The first kappa shape index (κ1) is 17.9. The van der Waals surface area contributed by atoms with Crippen LogP contribution in [0.3, 0.4) is 0 Å². The van der Waals surface area contributed by atoms with Crippen LogP contribution < -0.4 is 5.73 Å². The molecule has 6 nitrogen and oxygen atoms in total. The highest BCUT2D eigenvalue weighted by atomic mass is 16.6. The maximum Gasteiger partial charge on any atom is 0.411 e. The number of hydrogen-bond acceptors (Lipinski definition) is 5. The average Bonchev–Trinajstić information content (AvgIpc) is 2.97. The van der Waals surface area contributed by atoms with Crippen LogP contribution in [-0.2, 0) is 9.53 Å². The van der Waals surface area contributed by atoms with Crippen molar-refractivity contribution in [3.63, 3.8) is 0 Å². The van der Waals surface area contributed by atoms with Crippen LogP contribution in [0.4, 0.5) is 4.79 Å². The molecular formula is C15H28N2O4. The van der Waals surface area contributed by atoms with Crippen molar-refractivity contribution in [2.24, 2.45) is 5.73 Å². The highest BCUT2D eigenvalue weighted by Crippen LogP contribution is 2.30. The van der Waals surface area contributed by atoms with Crippen molar-refractivity contribution >= 4 is 11.9 Å². The van der Waals surface area contributed by atoms with Gasteiger partial charge in [0.15, 0.2) is 5.78 Å². The zero-order valence-electron chi connectivity index (χ0n) is 13.8. The standard InChI is InChI=1S/C15H28N2O4/c1-7-9(12(16)15(5,6)20)17(10-8-11(10)18)13(19)21-14(2,3)4/h9-10,12,20H,7-8,16H2,1-6H3/t9-,10+,12-/m0/s1. The Balaban J connectivity index is 3.01. The number of amides is 1. The molecule has 0 radical (unpaired) electrons. The number of carbonyl (C=O) groups is 2. The summed E-state index contributed by atoms with van der Waals surface area (Å²) in [5.74, 6) is 0.00209. The molecule has 0 aromatic carbocycles. The molecule has 1 aliphatic carbocycles. The van der Waals surface area contributed by atoms with Crippen molar-refractivity contribution in [3.8, 4) is 0 Å². The third-order valence-electron chi connectivity index (χ3n) is 3.55. The molecule has 0 saturated heterocycles. The molecule has 3 atom stereocenters. The molecule has 0 bridgehead atoms. The van der Waals surface area contributed by atoms with Crippen LogP contribution in [-0.4, -0.2) is 51.2 Å². The summed E-state index contributed by atoms with van der Waals surface area (Å²) in [6.07, 6.45) is 0.313. The monoisotopic (exact) mass is 300 g/mol. The highest BCUT2D eigenvalue weighted by Gasteiger charge is 2.49. The maximum absolute atomic E-state index is 12.4. The summed E-state index contributed by atoms with van der Waals surface area (Å²) < 4.78 is 5.39. The van der Waals surface area contributed by atoms with Gasteiger partial charge >= 0.3 is 6.09 Å². The molecule has 0 heterocycles. The molecule has 0 aromatic heterocycles. The van der Waals surface area contributed by atoms with Gasteiger partial charge in [-0.1, -0.05) is 6.92 Å². The number of rotatable bonds is 5. The molecular weight excluding hydrogens is 272 g/mol. The van der Waals surface area contributed by atoms with Crippen LogP contribution in [0.2, 0.25) is 0 Å². The minimum atomic E-state index is -1.15. The van der Waals surface area contributed by atoms with Gasteiger partial charge in [0.1, 0.15) is 11.6 Å². The zero-order chi connectivity index (χ0) is 16.6. The number of Topliss-reactive ketones (excluding diaryl/α,β-unsaturated/α-hetero) is 1. The van der Waals surface area contributed by atoms with Gasteiger partial charge in [0.25, 0.3) is 0 Å². The van der Waals surface area contributed by atoms with Crippen molar-refractivity contribution in [1.82, 2.24) is 4.90 Å². The van der Waals surface area contributed by atoms with Gasteiger partial charge in [-0.15, -0.1) is 0 Å². The van der Waals surface area contributed by atoms with E-state index in [1.807, 2.05) is 6.92 Å². The quantitative estimate of drug-likeness (QED) is 0.801. The third-order valence-corrected chi connectivity index (χ3v) is 3.55. The second-order valence-electron chi connectivity index (χ2n) is 7.23. The molecule has 21 heavy (non-hydrogen) atoms. The Hall–Kier alpha value is -1.14. The van der Waals surface area contributed by atoms with Crippen LogP contribution in [0.25, 0.3) is 0 Å². The van der Waals surface area contributed by atoms with E-state index in [1.54, 1.807) is 34.6 Å². The van der Waals surface area contributed by atoms with Crippen molar-refractivity contribution in [3.05, 3.63) is 0 Å². The van der Waals surface area contributed by atoms with Gasteiger partial charge in [0.05, 0.1) is 17.7 Å². The van der Waals surface area contributed by atoms with E-state index in [4.69, 9.17) is 10.5 Å². The lowest BCUT2D eigenvalue weighted by molar-refractivity contribution is -0.112. The molecule has 0 unspecified atom stereocenters. The van der Waals surface area contributed by atoms with E-state index >= 15 is 0 Å². The molecule has 3 N–H and O–H groups in total. The summed E-state index contributed by atoms with van der Waals surface area (Å²) in [5.41, 5.74) is 4.31. The predicted octanol–water partition coefficient (Wildman–Crippen LogP) is 1.44. The second kappa shape index (κ2) is 5.93. The summed E-state index contributed by atoms with van der Waals surface area (Å²) >= 11 is 0. The van der Waals surface area contributed by atoms with Gasteiger partial charge in [-0.05, 0) is 41.0 Å². The van der Waals surface area contributed by atoms with E-state index in [0.717, 1.165) is 0 Å². The number of ketones is 1. The number of ether oxygens (including phenoxy) is 1. The van der Waals surface area contributed by atoms with Gasteiger partial charge < -0.3 is 15.6 Å². The van der Waals surface area contributed by atoms with E-state index in [2.05, 4.69) is 0 Å². The van der Waals surface area contributed by atoms with Gasteiger partial charge in [0.2, 0.25) is 0 Å². The number of aliphatic hydroxyl groups is 1. The smallest absolute Gasteiger partial charge is 0.411 e. The SMILES string of the molecule is CC[C@@H]([C@H](N)C(C)(C)O)N(C(=O)OC(C)(C)C)[C@@H]1CC1=O. The van der Waals surface area contributed by atoms with Crippen LogP contribution in [0, 0.1) is 0 Å². The number of hydrogen-bond donors (Lipinski definition) is 2. The molecule has 0 aliphatic heterocycles. The Morgan fingerprint density at radius 1 is 1.43 bits per heavy atom. The fraction of sp³-hybridized carbons (Fsp3) is 0.867. The minimum Gasteiger partial charge on any atom is -0.444 e. The fourth-order valence-corrected chi connectivity index (χ4v) is 2.29. The fourth-order valence-electron chi connectivity index (χ4n) is 2.29. The molecule has 1 aliphatic rings. The summed E-state index contributed by atoms with van der Waals surface area (Å²) in [6, 6.07) is -1.59. The van der Waals surface area contributed by atoms with Gasteiger partial charge in [0, 0.05) is 6.42 Å². The predicted molar refractivity (Wildman–Crippen MR) is 79.8 cm³/mol. The van der Waals surface area contributed by atoms with Crippen LogP contribution >= 0.6 is 0 Å². The first-order valence-electron chi connectivity index (χ1n) is 7.40. The van der Waals surface area contributed by atoms with E-state index in [-0.39, 0.29) is 5.78 Å². The molecule has 1 amide bonds. The van der Waals surface area contributed by atoms with Gasteiger partial charge in [-0.2, -0.15) is 0 Å². The van der Waals surface area contributed by atoms with E-state index in [1.165, 1.54) is 4.90 Å². The summed E-state index contributed by atoms with van der Waals surface area (Å²) in [7, 11) is 0. The first-order valence-corrected chi connectivity index (χ1v) is 7.40. The molecule has 122 valence electrons. The molecule has 1 rings (SSSR count). The maximum atomic E-state index is 12.4. The first-order chi connectivity index (χ1) is 9.38. The van der Waals surface area contributed by atoms with Gasteiger partial charge in [-0.3, -0.25) is 9.69 Å². The van der Waals surface area contributed by atoms with E-state index in [9.17, 15) is 14.7 Å². The molecule has 1 fully saturated rings. The van der Waals surface area contributed by atoms with Crippen LogP contribution in [0.1, 0.15) is 54.4 Å². The largest absolute Gasteiger partial charge is 0.444 e. The highest BCUT2D eigenvalue weighted by molar-refractivity contribution is 6.02. The molecule has 0 spiro atoms. The van der Waals surface area contributed by atoms with E-state index < -0.39 is 35.4 Å². The lowest BCUT2D eigenvalue weighted by Gasteiger charge is -2.40. The number of carbonyl (C=O) groups excluding carboxylic acids is 2. The Bertz CT molecular complexity index is 409. The van der Waals surface area contributed by atoms with Crippen molar-refractivity contribution < 1.29 is 19.4 Å². The van der Waals surface area contributed by atoms with E-state index in [0.29, 0.717) is 12.8 Å². The van der Waals surface area contributed by atoms with Crippen LogP contribution in [0.5, 0.6) is 0 Å². The van der Waals surface area contributed by atoms with Crippen molar-refractivity contribution in [2.45, 2.75) is 83.7 Å². The Kier molecular flexibility index (Phi) is 5.05. The lowest BCUT2D eigenvalue weighted by Crippen LogP contribution is -2.60. The summed E-state index contributed by atoms with van der Waals surface area (Å²) in [6.45, 7) is 10.4. The number of nitrogens with zero attached hydrogens (tertiary/aromatic N) is 1.